The summed E-state index contributed by atoms with van der Waals surface area (Å²) in [6.45, 7) is 2.27. The lowest BCUT2D eigenvalue weighted by Crippen LogP contribution is -2.29. The van der Waals surface area contributed by atoms with Crippen LogP contribution in [-0.4, -0.2) is 30.8 Å². The number of nitrogens with zero attached hydrogens (tertiary/aromatic N) is 5. The van der Waals surface area contributed by atoms with Gasteiger partial charge in [-0.05, 0) is 60.6 Å². The minimum Gasteiger partial charge on any atom is -0.334 e. The van der Waals surface area contributed by atoms with Gasteiger partial charge in [-0.3, -0.25) is 0 Å². The summed E-state index contributed by atoms with van der Waals surface area (Å²) in [4.78, 5) is 26.2. The summed E-state index contributed by atoms with van der Waals surface area (Å²) in [7, 11) is 0. The number of aryl methyl sites for hydroxylation is 1. The number of amides is 2. The summed E-state index contributed by atoms with van der Waals surface area (Å²) in [6.07, 6.45) is 8.62. The topological polar surface area (TPSA) is 97.6 Å². The molecule has 30 heavy (non-hydrogen) atoms. The van der Waals surface area contributed by atoms with Crippen molar-refractivity contribution in [2.45, 2.75) is 23.5 Å². The van der Waals surface area contributed by atoms with Crippen molar-refractivity contribution in [3.8, 4) is 5.82 Å². The molecule has 0 aliphatic rings. The van der Waals surface area contributed by atoms with Crippen LogP contribution in [0.4, 0.5) is 10.5 Å². The number of aromatic nitrogens is 5. The molecule has 1 aromatic carbocycles. The second kappa shape index (κ2) is 9.19. The van der Waals surface area contributed by atoms with E-state index >= 15 is 0 Å². The summed E-state index contributed by atoms with van der Waals surface area (Å²) >= 11 is 1.47. The standard InChI is InChI=1S/C21H19N7OS/c1-15-13-17(30-21-23-9-3-10-24-21)6-7-18(15)27-20(29)25-14-16-5-2-8-22-19(16)28-12-4-11-26-28/h2-13H,14H2,1H3,(H2,25,27,29). The zero-order valence-corrected chi connectivity index (χ0v) is 17.0. The fourth-order valence-corrected chi connectivity index (χ4v) is 3.60. The SMILES string of the molecule is Cc1cc(Sc2ncccn2)ccc1NC(=O)NCc1cccnc1-n1cccn1. The quantitative estimate of drug-likeness (QED) is 0.463. The Morgan fingerprint density at radius 3 is 2.63 bits per heavy atom. The average Bonchev–Trinajstić information content (AvgIpc) is 3.30. The fraction of sp³-hybridized carbons (Fsp3) is 0.0952. The van der Waals surface area contributed by atoms with Crippen molar-refractivity contribution in [3.63, 3.8) is 0 Å². The highest BCUT2D eigenvalue weighted by atomic mass is 32.2. The van der Waals surface area contributed by atoms with E-state index < -0.39 is 0 Å². The minimum absolute atomic E-state index is 0.292. The maximum Gasteiger partial charge on any atom is 0.319 e. The molecule has 0 spiro atoms. The zero-order chi connectivity index (χ0) is 20.8. The number of carbonyl (C=O) groups is 1. The summed E-state index contributed by atoms with van der Waals surface area (Å²) < 4.78 is 1.67. The van der Waals surface area contributed by atoms with Crippen LogP contribution in [0.25, 0.3) is 5.82 Å². The lowest BCUT2D eigenvalue weighted by Gasteiger charge is -2.12. The van der Waals surface area contributed by atoms with Crippen molar-refractivity contribution in [2.24, 2.45) is 0 Å². The highest BCUT2D eigenvalue weighted by Gasteiger charge is 2.10. The molecule has 0 aliphatic heterocycles. The van der Waals surface area contributed by atoms with Crippen molar-refractivity contribution in [1.82, 2.24) is 30.0 Å². The molecule has 0 radical (unpaired) electrons. The summed E-state index contributed by atoms with van der Waals surface area (Å²) in [5.41, 5.74) is 2.55. The van der Waals surface area contributed by atoms with Crippen LogP contribution in [0.15, 0.2) is 83.5 Å². The van der Waals surface area contributed by atoms with Crippen molar-refractivity contribution in [1.29, 1.82) is 0 Å². The smallest absolute Gasteiger partial charge is 0.319 e. The van der Waals surface area contributed by atoms with Crippen molar-refractivity contribution >= 4 is 23.5 Å². The lowest BCUT2D eigenvalue weighted by molar-refractivity contribution is 0.251. The molecule has 0 atom stereocenters. The third-order valence-corrected chi connectivity index (χ3v) is 5.11. The van der Waals surface area contributed by atoms with Gasteiger partial charge in [-0.1, -0.05) is 6.07 Å². The Hall–Kier alpha value is -3.72. The van der Waals surface area contributed by atoms with Crippen molar-refractivity contribution < 1.29 is 4.79 Å². The maximum absolute atomic E-state index is 12.4. The van der Waals surface area contributed by atoms with Gasteiger partial charge in [-0.2, -0.15) is 5.10 Å². The van der Waals surface area contributed by atoms with Crippen molar-refractivity contribution in [3.05, 3.63) is 84.6 Å². The van der Waals surface area contributed by atoms with Crippen LogP contribution < -0.4 is 10.6 Å². The molecule has 3 aromatic heterocycles. The van der Waals surface area contributed by atoms with E-state index in [0.717, 1.165) is 21.7 Å². The third-order valence-electron chi connectivity index (χ3n) is 4.23. The van der Waals surface area contributed by atoms with E-state index in [4.69, 9.17) is 0 Å². The van der Waals surface area contributed by atoms with Gasteiger partial charge in [0.2, 0.25) is 0 Å². The van der Waals surface area contributed by atoms with Gasteiger partial charge in [0.05, 0.1) is 0 Å². The molecule has 4 rings (SSSR count). The normalized spacial score (nSPS) is 10.6. The minimum atomic E-state index is -0.292. The monoisotopic (exact) mass is 417 g/mol. The van der Waals surface area contributed by atoms with Gasteiger partial charge in [0.1, 0.15) is 0 Å². The van der Waals surface area contributed by atoms with E-state index in [2.05, 4.69) is 30.7 Å². The van der Waals surface area contributed by atoms with E-state index in [-0.39, 0.29) is 6.03 Å². The second-order valence-corrected chi connectivity index (χ2v) is 7.40. The van der Waals surface area contributed by atoms with Gasteiger partial charge in [0.25, 0.3) is 0 Å². The van der Waals surface area contributed by atoms with Gasteiger partial charge in [0.15, 0.2) is 11.0 Å². The van der Waals surface area contributed by atoms with Crippen LogP contribution in [0, 0.1) is 6.92 Å². The molecule has 9 heteroatoms. The predicted molar refractivity (Wildman–Crippen MR) is 115 cm³/mol. The molecule has 2 amide bonds. The molecule has 2 N–H and O–H groups in total. The van der Waals surface area contributed by atoms with Gasteiger partial charge >= 0.3 is 6.03 Å². The Labute approximate surface area is 177 Å². The first-order chi connectivity index (χ1) is 14.7. The Bertz CT molecular complexity index is 1130. The first-order valence-corrected chi connectivity index (χ1v) is 10.0. The Morgan fingerprint density at radius 1 is 1.03 bits per heavy atom. The van der Waals surface area contributed by atoms with E-state index in [1.165, 1.54) is 11.8 Å². The number of benzene rings is 1. The number of carbonyl (C=O) groups excluding carboxylic acids is 1. The van der Waals surface area contributed by atoms with Crippen LogP contribution in [0.5, 0.6) is 0 Å². The maximum atomic E-state index is 12.4. The Kier molecular flexibility index (Phi) is 6.00. The van der Waals surface area contributed by atoms with E-state index in [0.29, 0.717) is 17.5 Å². The van der Waals surface area contributed by atoms with Crippen LogP contribution in [-0.2, 0) is 6.54 Å². The fourth-order valence-electron chi connectivity index (χ4n) is 2.79. The van der Waals surface area contributed by atoms with Gasteiger partial charge in [-0.15, -0.1) is 0 Å². The third kappa shape index (κ3) is 4.81. The molecule has 0 saturated heterocycles. The molecular weight excluding hydrogens is 398 g/mol. The number of urea groups is 1. The highest BCUT2D eigenvalue weighted by Crippen LogP contribution is 2.27. The van der Waals surface area contributed by atoms with Crippen molar-refractivity contribution in [2.75, 3.05) is 5.32 Å². The first-order valence-electron chi connectivity index (χ1n) is 9.23. The molecule has 0 unspecified atom stereocenters. The lowest BCUT2D eigenvalue weighted by atomic mass is 10.2. The number of rotatable bonds is 6. The van der Waals surface area contributed by atoms with Gasteiger partial charge in [-0.25, -0.2) is 24.4 Å². The number of anilines is 1. The second-order valence-electron chi connectivity index (χ2n) is 6.35. The Morgan fingerprint density at radius 2 is 1.87 bits per heavy atom. The van der Waals surface area contributed by atoms with Crippen LogP contribution in [0.2, 0.25) is 0 Å². The molecule has 3 heterocycles. The molecular formula is C21H19N7OS. The molecule has 150 valence electrons. The largest absolute Gasteiger partial charge is 0.334 e. The van der Waals surface area contributed by atoms with Gasteiger partial charge < -0.3 is 10.6 Å². The molecule has 8 nitrogen and oxygen atoms in total. The molecule has 0 saturated carbocycles. The zero-order valence-electron chi connectivity index (χ0n) is 16.2. The van der Waals surface area contributed by atoms with E-state index in [1.54, 1.807) is 35.5 Å². The van der Waals surface area contributed by atoms with Gasteiger partial charge in [0, 0.05) is 53.7 Å². The van der Waals surface area contributed by atoms with E-state index in [1.807, 2.05) is 49.5 Å². The summed E-state index contributed by atoms with van der Waals surface area (Å²) in [5, 5.41) is 10.7. The van der Waals surface area contributed by atoms with Crippen LogP contribution >= 0.6 is 11.8 Å². The number of hydrogen-bond acceptors (Lipinski definition) is 6. The highest BCUT2D eigenvalue weighted by molar-refractivity contribution is 7.99. The van der Waals surface area contributed by atoms with E-state index in [9.17, 15) is 4.79 Å². The molecule has 0 bridgehead atoms. The summed E-state index contributed by atoms with van der Waals surface area (Å²) in [5.74, 6) is 0.684. The van der Waals surface area contributed by atoms with Crippen LogP contribution in [0.3, 0.4) is 0 Å². The summed E-state index contributed by atoms with van der Waals surface area (Å²) in [6, 6.07) is 12.9. The predicted octanol–water partition coefficient (Wildman–Crippen LogP) is 3.84. The number of pyridine rings is 1. The number of hydrogen-bond donors (Lipinski definition) is 2. The first kappa shape index (κ1) is 19.6. The average molecular weight is 417 g/mol. The number of nitrogens with one attached hydrogen (secondary N) is 2. The Balaban J connectivity index is 1.38. The molecule has 4 aromatic rings. The van der Waals surface area contributed by atoms with Crippen LogP contribution in [0.1, 0.15) is 11.1 Å². The molecule has 0 fully saturated rings. The molecule has 0 aliphatic carbocycles.